The standard InChI is InChI=1S/C19H19NO3/c21-17-12-15(19(23-17)10-3-4-11-19)18(22)20-16-9-5-7-13-6-1-2-8-14(13)16/h1-2,5-9,15H,3-4,10-12H2,(H,20,22)/t15-/m1/s1. The molecule has 2 aromatic rings. The van der Waals surface area contributed by atoms with Gasteiger partial charge in [-0.1, -0.05) is 36.4 Å². The SMILES string of the molecule is O=C1C[C@H](C(=O)Nc2cccc3ccccc23)C2(CCCC2)O1. The Kier molecular flexibility index (Phi) is 3.33. The molecule has 1 atom stereocenters. The second kappa shape index (κ2) is 5.37. The molecule has 4 heteroatoms. The summed E-state index contributed by atoms with van der Waals surface area (Å²) in [7, 11) is 0. The van der Waals surface area contributed by atoms with Gasteiger partial charge in [0.2, 0.25) is 5.91 Å². The predicted octanol–water partition coefficient (Wildman–Crippen LogP) is 3.65. The maximum absolute atomic E-state index is 12.8. The fourth-order valence-electron chi connectivity index (χ4n) is 4.00. The Morgan fingerprint density at radius 2 is 1.83 bits per heavy atom. The number of rotatable bonds is 2. The third-order valence-electron chi connectivity index (χ3n) is 5.14. The maximum atomic E-state index is 12.8. The van der Waals surface area contributed by atoms with Crippen LogP contribution in [-0.2, 0) is 14.3 Å². The Labute approximate surface area is 134 Å². The van der Waals surface area contributed by atoms with Crippen molar-refractivity contribution in [2.75, 3.05) is 5.32 Å². The van der Waals surface area contributed by atoms with Crippen LogP contribution >= 0.6 is 0 Å². The molecule has 1 aliphatic heterocycles. The number of fused-ring (bicyclic) bond motifs is 1. The van der Waals surface area contributed by atoms with Gasteiger partial charge in [0.05, 0.1) is 12.3 Å². The van der Waals surface area contributed by atoms with Crippen LogP contribution in [0.5, 0.6) is 0 Å². The van der Waals surface area contributed by atoms with Gasteiger partial charge in [0.25, 0.3) is 0 Å². The van der Waals surface area contributed by atoms with E-state index < -0.39 is 5.60 Å². The highest BCUT2D eigenvalue weighted by molar-refractivity contribution is 6.04. The van der Waals surface area contributed by atoms with Gasteiger partial charge in [-0.3, -0.25) is 9.59 Å². The normalized spacial score (nSPS) is 22.4. The first-order chi connectivity index (χ1) is 11.2. The number of carbonyl (C=O) groups is 2. The molecule has 0 bridgehead atoms. The number of carbonyl (C=O) groups excluding carboxylic acids is 2. The number of anilines is 1. The van der Waals surface area contributed by atoms with Crippen molar-refractivity contribution in [1.82, 2.24) is 0 Å². The van der Waals surface area contributed by atoms with E-state index in [4.69, 9.17) is 4.74 Å². The maximum Gasteiger partial charge on any atom is 0.307 e. The molecule has 1 spiro atoms. The summed E-state index contributed by atoms with van der Waals surface area (Å²) in [5.41, 5.74) is 0.228. The molecule has 0 aromatic heterocycles. The minimum absolute atomic E-state index is 0.103. The van der Waals surface area contributed by atoms with Crippen LogP contribution in [0.25, 0.3) is 10.8 Å². The molecule has 1 aliphatic carbocycles. The van der Waals surface area contributed by atoms with Crippen LogP contribution in [-0.4, -0.2) is 17.5 Å². The summed E-state index contributed by atoms with van der Waals surface area (Å²) < 4.78 is 5.57. The van der Waals surface area contributed by atoms with Gasteiger partial charge in [-0.15, -0.1) is 0 Å². The van der Waals surface area contributed by atoms with Gasteiger partial charge in [-0.2, -0.15) is 0 Å². The van der Waals surface area contributed by atoms with Gasteiger partial charge in [-0.25, -0.2) is 0 Å². The van der Waals surface area contributed by atoms with Crippen LogP contribution in [0.15, 0.2) is 42.5 Å². The lowest BCUT2D eigenvalue weighted by atomic mass is 9.85. The van der Waals surface area contributed by atoms with Gasteiger partial charge in [-0.05, 0) is 37.1 Å². The summed E-state index contributed by atoms with van der Waals surface area (Å²) in [6, 6.07) is 13.8. The summed E-state index contributed by atoms with van der Waals surface area (Å²) in [4.78, 5) is 24.6. The highest BCUT2D eigenvalue weighted by Gasteiger charge is 2.53. The molecular formula is C19H19NO3. The molecule has 0 radical (unpaired) electrons. The lowest BCUT2D eigenvalue weighted by molar-refractivity contribution is -0.149. The van der Waals surface area contributed by atoms with Gasteiger partial charge in [0.1, 0.15) is 5.60 Å². The van der Waals surface area contributed by atoms with Crippen LogP contribution in [0.4, 0.5) is 5.69 Å². The largest absolute Gasteiger partial charge is 0.458 e. The molecule has 1 N–H and O–H groups in total. The quantitative estimate of drug-likeness (QED) is 0.861. The monoisotopic (exact) mass is 309 g/mol. The molecular weight excluding hydrogens is 290 g/mol. The Bertz CT molecular complexity index is 772. The third kappa shape index (κ3) is 2.38. The average Bonchev–Trinajstić information content (AvgIpc) is 3.15. The van der Waals surface area contributed by atoms with Crippen molar-refractivity contribution in [2.45, 2.75) is 37.7 Å². The zero-order valence-corrected chi connectivity index (χ0v) is 12.9. The van der Waals surface area contributed by atoms with E-state index in [0.29, 0.717) is 0 Å². The van der Waals surface area contributed by atoms with E-state index in [-0.39, 0.29) is 24.2 Å². The molecule has 2 aliphatic rings. The molecule has 1 saturated carbocycles. The predicted molar refractivity (Wildman–Crippen MR) is 88.0 cm³/mol. The fourth-order valence-corrected chi connectivity index (χ4v) is 4.00. The average molecular weight is 309 g/mol. The minimum atomic E-state index is -0.564. The van der Waals surface area contributed by atoms with E-state index in [1.807, 2.05) is 42.5 Å². The van der Waals surface area contributed by atoms with Crippen LogP contribution in [0.1, 0.15) is 32.1 Å². The fraction of sp³-hybridized carbons (Fsp3) is 0.368. The van der Waals surface area contributed by atoms with Crippen LogP contribution < -0.4 is 5.32 Å². The van der Waals surface area contributed by atoms with Crippen molar-refractivity contribution in [3.63, 3.8) is 0 Å². The van der Waals surface area contributed by atoms with Gasteiger partial charge in [0.15, 0.2) is 0 Å². The minimum Gasteiger partial charge on any atom is -0.458 e. The van der Waals surface area contributed by atoms with Crippen molar-refractivity contribution in [2.24, 2.45) is 5.92 Å². The summed E-state index contributed by atoms with van der Waals surface area (Å²) in [5, 5.41) is 5.12. The van der Waals surface area contributed by atoms with E-state index in [0.717, 1.165) is 42.1 Å². The van der Waals surface area contributed by atoms with E-state index in [9.17, 15) is 9.59 Å². The third-order valence-corrected chi connectivity index (χ3v) is 5.14. The molecule has 118 valence electrons. The first-order valence-electron chi connectivity index (χ1n) is 8.18. The lowest BCUT2D eigenvalue weighted by Gasteiger charge is -2.28. The van der Waals surface area contributed by atoms with Crippen molar-refractivity contribution >= 4 is 28.3 Å². The number of hydrogen-bond acceptors (Lipinski definition) is 3. The van der Waals surface area contributed by atoms with Gasteiger partial charge < -0.3 is 10.1 Å². The number of esters is 1. The second-order valence-electron chi connectivity index (χ2n) is 6.52. The second-order valence-corrected chi connectivity index (χ2v) is 6.52. The number of nitrogens with one attached hydrogen (secondary N) is 1. The van der Waals surface area contributed by atoms with E-state index in [2.05, 4.69) is 5.32 Å². The number of benzene rings is 2. The van der Waals surface area contributed by atoms with E-state index in [1.165, 1.54) is 0 Å². The first-order valence-corrected chi connectivity index (χ1v) is 8.18. The molecule has 2 aromatic carbocycles. The zero-order chi connectivity index (χ0) is 15.9. The van der Waals surface area contributed by atoms with Crippen LogP contribution in [0, 0.1) is 5.92 Å². The molecule has 23 heavy (non-hydrogen) atoms. The molecule has 1 heterocycles. The number of amides is 1. The van der Waals surface area contributed by atoms with Crippen molar-refractivity contribution < 1.29 is 14.3 Å². The van der Waals surface area contributed by atoms with Gasteiger partial charge >= 0.3 is 5.97 Å². The van der Waals surface area contributed by atoms with Crippen LogP contribution in [0.2, 0.25) is 0 Å². The first kappa shape index (κ1) is 14.2. The summed E-state index contributed by atoms with van der Waals surface area (Å²) in [6.45, 7) is 0. The smallest absolute Gasteiger partial charge is 0.307 e. The van der Waals surface area contributed by atoms with E-state index >= 15 is 0 Å². The number of ether oxygens (including phenoxy) is 1. The molecule has 0 unspecified atom stereocenters. The topological polar surface area (TPSA) is 55.4 Å². The zero-order valence-electron chi connectivity index (χ0n) is 12.9. The Morgan fingerprint density at radius 3 is 2.65 bits per heavy atom. The molecule has 2 fully saturated rings. The summed E-state index contributed by atoms with van der Waals surface area (Å²) in [5.74, 6) is -0.726. The molecule has 4 nitrogen and oxygen atoms in total. The summed E-state index contributed by atoms with van der Waals surface area (Å²) in [6.07, 6.45) is 3.83. The molecule has 4 rings (SSSR count). The summed E-state index contributed by atoms with van der Waals surface area (Å²) >= 11 is 0. The van der Waals surface area contributed by atoms with Crippen molar-refractivity contribution in [1.29, 1.82) is 0 Å². The Hall–Kier alpha value is -2.36. The van der Waals surface area contributed by atoms with Crippen molar-refractivity contribution in [3.05, 3.63) is 42.5 Å². The Balaban J connectivity index is 1.63. The lowest BCUT2D eigenvalue weighted by Crippen LogP contribution is -2.39. The molecule has 1 amide bonds. The van der Waals surface area contributed by atoms with E-state index in [1.54, 1.807) is 0 Å². The van der Waals surface area contributed by atoms with Gasteiger partial charge in [0, 0.05) is 11.1 Å². The molecule has 1 saturated heterocycles. The van der Waals surface area contributed by atoms with Crippen LogP contribution in [0.3, 0.4) is 0 Å². The van der Waals surface area contributed by atoms with Crippen molar-refractivity contribution in [3.8, 4) is 0 Å². The Morgan fingerprint density at radius 1 is 1.09 bits per heavy atom. The highest BCUT2D eigenvalue weighted by Crippen LogP contribution is 2.46. The number of hydrogen-bond donors (Lipinski definition) is 1. The highest BCUT2D eigenvalue weighted by atomic mass is 16.6.